The average Bonchev–Trinajstić information content (AvgIpc) is 2.92. The van der Waals surface area contributed by atoms with Crippen LogP contribution in [0.15, 0.2) is 53.5 Å². The Kier molecular flexibility index (Phi) is 3.38. The highest BCUT2D eigenvalue weighted by atomic mass is 127. The molecule has 4 aromatic rings. The van der Waals surface area contributed by atoms with Crippen LogP contribution in [0.5, 0.6) is 0 Å². The van der Waals surface area contributed by atoms with Crippen molar-refractivity contribution >= 4 is 44.8 Å². The van der Waals surface area contributed by atoms with Gasteiger partial charge in [0.15, 0.2) is 5.69 Å². The van der Waals surface area contributed by atoms with Crippen molar-refractivity contribution in [2.45, 2.75) is 0 Å². The Bertz CT molecular complexity index is 1180. The molecule has 2 N–H and O–H groups in total. The molecule has 118 valence electrons. The number of aromatic amines is 1. The van der Waals surface area contributed by atoms with E-state index in [0.29, 0.717) is 9.26 Å². The lowest BCUT2D eigenvalue weighted by Crippen LogP contribution is -2.11. The predicted molar refractivity (Wildman–Crippen MR) is 98.4 cm³/mol. The van der Waals surface area contributed by atoms with E-state index in [9.17, 15) is 9.59 Å². The molecular weight excluding hydrogens is 421 g/mol. The summed E-state index contributed by atoms with van der Waals surface area (Å²) < 4.78 is 1.65. The average molecular weight is 431 g/mol. The summed E-state index contributed by atoms with van der Waals surface area (Å²) in [7, 11) is 0. The standard InChI is InChI=1S/C17H10IN3O3/c18-13-14(17(23)24)20-21-8-12(19-16(22)15(13)21)11-6-5-9-3-1-2-4-10(9)7-11/h1-8H,(H,19,22)(H,23,24). The summed E-state index contributed by atoms with van der Waals surface area (Å²) >= 11 is 1.83. The molecule has 0 saturated carbocycles. The van der Waals surface area contributed by atoms with Crippen LogP contribution in [-0.4, -0.2) is 25.7 Å². The number of fused-ring (bicyclic) bond motifs is 2. The van der Waals surface area contributed by atoms with E-state index >= 15 is 0 Å². The highest BCUT2D eigenvalue weighted by Gasteiger charge is 2.19. The predicted octanol–water partition coefficient (Wildman–Crippen LogP) is 3.15. The number of hydrogen-bond donors (Lipinski definition) is 2. The molecule has 7 heteroatoms. The monoisotopic (exact) mass is 431 g/mol. The summed E-state index contributed by atoms with van der Waals surface area (Å²) in [5, 5.41) is 15.3. The fourth-order valence-electron chi connectivity index (χ4n) is 2.69. The van der Waals surface area contributed by atoms with Crippen molar-refractivity contribution in [2.75, 3.05) is 0 Å². The molecule has 0 amide bonds. The van der Waals surface area contributed by atoms with Gasteiger partial charge in [-0.2, -0.15) is 5.10 Å². The highest BCUT2D eigenvalue weighted by Crippen LogP contribution is 2.23. The van der Waals surface area contributed by atoms with Crippen molar-refractivity contribution in [3.05, 3.63) is 68.3 Å². The third-order valence-corrected chi connectivity index (χ3v) is 4.85. The molecule has 24 heavy (non-hydrogen) atoms. The summed E-state index contributed by atoms with van der Waals surface area (Å²) in [6.07, 6.45) is 1.63. The van der Waals surface area contributed by atoms with E-state index in [0.717, 1.165) is 16.3 Å². The van der Waals surface area contributed by atoms with Crippen molar-refractivity contribution in [1.29, 1.82) is 0 Å². The summed E-state index contributed by atoms with van der Waals surface area (Å²) in [6.45, 7) is 0. The van der Waals surface area contributed by atoms with E-state index in [1.165, 1.54) is 4.52 Å². The number of carboxylic acid groups (broad SMARTS) is 1. The largest absolute Gasteiger partial charge is 0.476 e. The van der Waals surface area contributed by atoms with Crippen LogP contribution < -0.4 is 5.56 Å². The third-order valence-electron chi connectivity index (χ3n) is 3.83. The van der Waals surface area contributed by atoms with Gasteiger partial charge < -0.3 is 10.1 Å². The zero-order chi connectivity index (χ0) is 16.8. The van der Waals surface area contributed by atoms with Crippen LogP contribution in [0.1, 0.15) is 10.5 Å². The van der Waals surface area contributed by atoms with Gasteiger partial charge in [0.2, 0.25) is 0 Å². The van der Waals surface area contributed by atoms with E-state index in [2.05, 4.69) is 10.1 Å². The molecule has 4 rings (SSSR count). The number of nitrogens with zero attached hydrogens (tertiary/aromatic N) is 2. The molecule has 2 aromatic heterocycles. The normalized spacial score (nSPS) is 11.2. The van der Waals surface area contributed by atoms with Gasteiger partial charge in [-0.25, -0.2) is 9.31 Å². The number of benzene rings is 2. The molecule has 2 aromatic carbocycles. The van der Waals surface area contributed by atoms with Crippen molar-refractivity contribution in [2.24, 2.45) is 0 Å². The molecule has 6 nitrogen and oxygen atoms in total. The number of carboxylic acids is 1. The fourth-order valence-corrected chi connectivity index (χ4v) is 3.52. The Labute approximate surface area is 148 Å². The number of carbonyl (C=O) groups is 1. The van der Waals surface area contributed by atoms with Crippen molar-refractivity contribution < 1.29 is 9.90 Å². The van der Waals surface area contributed by atoms with Crippen LogP contribution >= 0.6 is 22.6 Å². The molecular formula is C17H10IN3O3. The van der Waals surface area contributed by atoms with Crippen LogP contribution in [-0.2, 0) is 0 Å². The Balaban J connectivity index is 1.96. The SMILES string of the molecule is O=C(O)c1nn2cc(-c3ccc4ccccc4c3)[nH]c(=O)c2c1I. The van der Waals surface area contributed by atoms with Crippen LogP contribution in [0.3, 0.4) is 0 Å². The van der Waals surface area contributed by atoms with Gasteiger partial charge in [0.05, 0.1) is 15.5 Å². The Morgan fingerprint density at radius 3 is 2.67 bits per heavy atom. The zero-order valence-corrected chi connectivity index (χ0v) is 14.3. The van der Waals surface area contributed by atoms with E-state index in [-0.39, 0.29) is 16.8 Å². The van der Waals surface area contributed by atoms with Crippen molar-refractivity contribution in [3.63, 3.8) is 0 Å². The number of aromatic nitrogens is 3. The van der Waals surface area contributed by atoms with Gasteiger partial charge in [-0.3, -0.25) is 4.79 Å². The molecule has 0 atom stereocenters. The highest BCUT2D eigenvalue weighted by molar-refractivity contribution is 14.1. The van der Waals surface area contributed by atoms with Crippen LogP contribution in [0.4, 0.5) is 0 Å². The smallest absolute Gasteiger partial charge is 0.357 e. The Morgan fingerprint density at radius 1 is 1.17 bits per heavy atom. The Morgan fingerprint density at radius 2 is 1.92 bits per heavy atom. The number of nitrogens with one attached hydrogen (secondary N) is 1. The molecule has 0 fully saturated rings. The number of halogens is 1. The first-order valence-electron chi connectivity index (χ1n) is 7.08. The first kappa shape index (κ1) is 14.9. The minimum Gasteiger partial charge on any atom is -0.476 e. The van der Waals surface area contributed by atoms with Gasteiger partial charge in [-0.05, 0) is 39.4 Å². The number of aromatic carboxylic acids is 1. The minimum atomic E-state index is -1.16. The molecule has 0 aliphatic rings. The van der Waals surface area contributed by atoms with Gasteiger partial charge in [0, 0.05) is 5.56 Å². The van der Waals surface area contributed by atoms with E-state index in [1.807, 2.05) is 65.1 Å². The fraction of sp³-hybridized carbons (Fsp3) is 0. The van der Waals surface area contributed by atoms with Crippen molar-refractivity contribution in [3.8, 4) is 11.3 Å². The zero-order valence-electron chi connectivity index (χ0n) is 12.2. The van der Waals surface area contributed by atoms with Crippen LogP contribution in [0.2, 0.25) is 0 Å². The maximum absolute atomic E-state index is 12.4. The Hall–Kier alpha value is -2.68. The molecule has 0 spiro atoms. The summed E-state index contributed by atoms with van der Waals surface area (Å²) in [5.41, 5.74) is 1.14. The third kappa shape index (κ3) is 2.28. The van der Waals surface area contributed by atoms with Gasteiger partial charge in [0.25, 0.3) is 5.56 Å². The first-order valence-corrected chi connectivity index (χ1v) is 8.16. The molecule has 0 aliphatic heterocycles. The summed E-state index contributed by atoms with van der Waals surface area (Å²) in [6, 6.07) is 13.8. The second-order valence-corrected chi connectivity index (χ2v) is 6.40. The first-order chi connectivity index (χ1) is 11.5. The summed E-state index contributed by atoms with van der Waals surface area (Å²) in [4.78, 5) is 26.4. The molecule has 2 heterocycles. The maximum Gasteiger partial charge on any atom is 0.357 e. The quantitative estimate of drug-likeness (QED) is 0.478. The van der Waals surface area contributed by atoms with Crippen molar-refractivity contribution in [1.82, 2.24) is 14.6 Å². The molecule has 0 saturated heterocycles. The maximum atomic E-state index is 12.4. The summed E-state index contributed by atoms with van der Waals surface area (Å²) in [5.74, 6) is -1.16. The lowest BCUT2D eigenvalue weighted by Gasteiger charge is -2.05. The van der Waals surface area contributed by atoms with Crippen LogP contribution in [0.25, 0.3) is 27.5 Å². The second-order valence-electron chi connectivity index (χ2n) is 5.32. The number of rotatable bonds is 2. The molecule has 0 radical (unpaired) electrons. The van der Waals surface area contributed by atoms with E-state index in [4.69, 9.17) is 5.11 Å². The topological polar surface area (TPSA) is 87.5 Å². The van der Waals surface area contributed by atoms with E-state index < -0.39 is 5.97 Å². The molecule has 0 aliphatic carbocycles. The van der Waals surface area contributed by atoms with Gasteiger partial charge in [-0.15, -0.1) is 0 Å². The van der Waals surface area contributed by atoms with Crippen LogP contribution in [0, 0.1) is 3.57 Å². The molecule has 0 bridgehead atoms. The van der Waals surface area contributed by atoms with E-state index in [1.54, 1.807) is 6.20 Å². The van der Waals surface area contributed by atoms with Gasteiger partial charge >= 0.3 is 5.97 Å². The molecule has 0 unspecified atom stereocenters. The minimum absolute atomic E-state index is 0.128. The number of H-pyrrole nitrogens is 1. The van der Waals surface area contributed by atoms with Gasteiger partial charge in [0.1, 0.15) is 5.52 Å². The number of hydrogen-bond acceptors (Lipinski definition) is 3. The lowest BCUT2D eigenvalue weighted by atomic mass is 10.1. The second kappa shape index (κ2) is 5.45. The van der Waals surface area contributed by atoms with Gasteiger partial charge in [-0.1, -0.05) is 36.4 Å². The lowest BCUT2D eigenvalue weighted by molar-refractivity contribution is 0.0689.